The summed E-state index contributed by atoms with van der Waals surface area (Å²) in [7, 11) is 0. The van der Waals surface area contributed by atoms with Crippen molar-refractivity contribution < 1.29 is 14.0 Å². The van der Waals surface area contributed by atoms with Crippen molar-refractivity contribution in [2.45, 2.75) is 88.4 Å². The van der Waals surface area contributed by atoms with Gasteiger partial charge in [-0.25, -0.2) is 4.39 Å². The first-order chi connectivity index (χ1) is 14.9. The standard InChI is InChI=1S/C24H33FN4O2/c1-15-5-6-19(25)18-14-20(27-22(15)18)23(31)26-16-3-2-4-17(13-16)29-11-9-24(10-12-29)8-7-21(30)28-24/h5-6,16-17,20,27H,2-4,7-14H2,1H3,(H,26,31)(H,28,30)/t16-,17-,20?/m1/s1. The van der Waals surface area contributed by atoms with E-state index in [9.17, 15) is 14.0 Å². The van der Waals surface area contributed by atoms with E-state index in [2.05, 4.69) is 20.9 Å². The topological polar surface area (TPSA) is 73.5 Å². The molecule has 0 bridgehead atoms. The van der Waals surface area contributed by atoms with E-state index in [1.807, 2.05) is 6.92 Å². The Kier molecular flexibility index (Phi) is 5.40. The van der Waals surface area contributed by atoms with Crippen molar-refractivity contribution in [2.24, 2.45) is 0 Å². The normalized spacial score (nSPS) is 30.0. The highest BCUT2D eigenvalue weighted by molar-refractivity contribution is 5.88. The fourth-order valence-corrected chi connectivity index (χ4v) is 6.12. The number of hydrogen-bond acceptors (Lipinski definition) is 4. The third kappa shape index (κ3) is 4.04. The highest BCUT2D eigenvalue weighted by atomic mass is 19.1. The first kappa shape index (κ1) is 20.7. The summed E-state index contributed by atoms with van der Waals surface area (Å²) < 4.78 is 14.2. The number of carbonyl (C=O) groups excluding carboxylic acids is 2. The van der Waals surface area contributed by atoms with Crippen LogP contribution in [0, 0.1) is 12.7 Å². The number of nitrogens with one attached hydrogen (secondary N) is 3. The number of piperidine rings is 1. The molecule has 3 heterocycles. The molecule has 3 aliphatic heterocycles. The van der Waals surface area contributed by atoms with E-state index >= 15 is 0 Å². The smallest absolute Gasteiger partial charge is 0.243 e. The van der Waals surface area contributed by atoms with Crippen molar-refractivity contribution in [3.63, 3.8) is 0 Å². The van der Waals surface area contributed by atoms with Crippen LogP contribution in [0.4, 0.5) is 10.1 Å². The SMILES string of the molecule is Cc1ccc(F)c2c1NC(C(=O)N[C@@H]1CCC[C@@H](N3CCC4(CCC(=O)N4)CC3)C1)C2. The van der Waals surface area contributed by atoms with Gasteiger partial charge in [0.15, 0.2) is 0 Å². The maximum atomic E-state index is 14.2. The van der Waals surface area contributed by atoms with Crippen LogP contribution >= 0.6 is 0 Å². The second kappa shape index (κ2) is 8.08. The van der Waals surface area contributed by atoms with Crippen molar-refractivity contribution in [3.05, 3.63) is 29.1 Å². The molecule has 31 heavy (non-hydrogen) atoms. The Balaban J connectivity index is 1.15. The quantitative estimate of drug-likeness (QED) is 0.692. The minimum atomic E-state index is -0.396. The van der Waals surface area contributed by atoms with Crippen molar-refractivity contribution >= 4 is 17.5 Å². The molecule has 0 aromatic heterocycles. The maximum absolute atomic E-state index is 14.2. The number of carbonyl (C=O) groups is 2. The van der Waals surface area contributed by atoms with E-state index in [1.54, 1.807) is 6.07 Å². The monoisotopic (exact) mass is 428 g/mol. The van der Waals surface area contributed by atoms with Crippen LogP contribution in [0.25, 0.3) is 0 Å². The van der Waals surface area contributed by atoms with Gasteiger partial charge < -0.3 is 20.9 Å². The predicted molar refractivity (Wildman–Crippen MR) is 117 cm³/mol. The molecule has 1 spiro atoms. The van der Waals surface area contributed by atoms with Crippen LogP contribution in [-0.4, -0.2) is 53.5 Å². The van der Waals surface area contributed by atoms with Crippen molar-refractivity contribution in [1.82, 2.24) is 15.5 Å². The van der Waals surface area contributed by atoms with Gasteiger partial charge in [0.05, 0.1) is 0 Å². The summed E-state index contributed by atoms with van der Waals surface area (Å²) in [5, 5.41) is 9.71. The Hall–Kier alpha value is -2.15. The Labute approximate surface area is 183 Å². The van der Waals surface area contributed by atoms with Crippen LogP contribution in [0.5, 0.6) is 0 Å². The number of benzene rings is 1. The number of rotatable bonds is 3. The molecule has 1 unspecified atom stereocenters. The van der Waals surface area contributed by atoms with Crippen LogP contribution < -0.4 is 16.0 Å². The Morgan fingerprint density at radius 3 is 2.74 bits per heavy atom. The summed E-state index contributed by atoms with van der Waals surface area (Å²) in [4.78, 5) is 27.2. The average Bonchev–Trinajstić information content (AvgIpc) is 3.37. The molecule has 1 aliphatic carbocycles. The second-order valence-corrected chi connectivity index (χ2v) is 10.0. The molecule has 6 nitrogen and oxygen atoms in total. The fraction of sp³-hybridized carbons (Fsp3) is 0.667. The van der Waals surface area contributed by atoms with Crippen LogP contribution in [0.15, 0.2) is 12.1 Å². The van der Waals surface area contributed by atoms with Gasteiger partial charge in [0.2, 0.25) is 11.8 Å². The molecule has 1 aromatic carbocycles. The summed E-state index contributed by atoms with van der Waals surface area (Å²) >= 11 is 0. The molecule has 2 amide bonds. The van der Waals surface area contributed by atoms with E-state index in [-0.39, 0.29) is 29.2 Å². The van der Waals surface area contributed by atoms with E-state index in [1.165, 1.54) is 12.5 Å². The molecule has 0 radical (unpaired) electrons. The molecular formula is C24H33FN4O2. The number of amides is 2. The second-order valence-electron chi connectivity index (χ2n) is 10.0. The number of anilines is 1. The summed E-state index contributed by atoms with van der Waals surface area (Å²) in [6.07, 6.45) is 8.36. The summed E-state index contributed by atoms with van der Waals surface area (Å²) in [6, 6.07) is 3.51. The van der Waals surface area contributed by atoms with Gasteiger partial charge in [-0.3, -0.25) is 9.59 Å². The van der Waals surface area contributed by atoms with Crippen LogP contribution in [0.1, 0.15) is 62.5 Å². The molecule has 1 saturated carbocycles. The summed E-state index contributed by atoms with van der Waals surface area (Å²) in [5.74, 6) is -0.0546. The summed E-state index contributed by atoms with van der Waals surface area (Å²) in [6.45, 7) is 3.98. The maximum Gasteiger partial charge on any atom is 0.243 e. The van der Waals surface area contributed by atoms with E-state index in [0.29, 0.717) is 24.4 Å². The lowest BCUT2D eigenvalue weighted by Crippen LogP contribution is -2.55. The third-order valence-electron chi connectivity index (χ3n) is 8.01. The zero-order chi connectivity index (χ0) is 21.6. The van der Waals surface area contributed by atoms with Crippen molar-refractivity contribution in [2.75, 3.05) is 18.4 Å². The van der Waals surface area contributed by atoms with E-state index < -0.39 is 6.04 Å². The molecule has 3 atom stereocenters. The molecule has 4 aliphatic rings. The number of likely N-dealkylation sites (tertiary alicyclic amines) is 1. The van der Waals surface area contributed by atoms with Crippen molar-refractivity contribution in [3.8, 4) is 0 Å². The molecular weight excluding hydrogens is 395 g/mol. The average molecular weight is 429 g/mol. The fourth-order valence-electron chi connectivity index (χ4n) is 6.12. The lowest BCUT2D eigenvalue weighted by molar-refractivity contribution is -0.122. The highest BCUT2D eigenvalue weighted by Gasteiger charge is 2.42. The molecule has 1 aromatic rings. The molecule has 5 rings (SSSR count). The van der Waals surface area contributed by atoms with E-state index in [0.717, 1.165) is 62.9 Å². The largest absolute Gasteiger partial charge is 0.373 e. The van der Waals surface area contributed by atoms with Gasteiger partial charge in [-0.1, -0.05) is 6.07 Å². The lowest BCUT2D eigenvalue weighted by Gasteiger charge is -2.45. The predicted octanol–water partition coefficient (Wildman–Crippen LogP) is 2.64. The zero-order valence-electron chi connectivity index (χ0n) is 18.3. The molecule has 7 heteroatoms. The number of halogens is 1. The minimum absolute atomic E-state index is 0.0214. The Bertz CT molecular complexity index is 850. The number of aryl methyl sites for hydroxylation is 1. The van der Waals surface area contributed by atoms with E-state index in [4.69, 9.17) is 0 Å². The van der Waals surface area contributed by atoms with Crippen molar-refractivity contribution in [1.29, 1.82) is 0 Å². The Morgan fingerprint density at radius 2 is 2.03 bits per heavy atom. The van der Waals surface area contributed by atoms with Gasteiger partial charge in [-0.2, -0.15) is 0 Å². The minimum Gasteiger partial charge on any atom is -0.373 e. The Morgan fingerprint density at radius 1 is 1.23 bits per heavy atom. The molecule has 3 fully saturated rings. The molecule has 3 N–H and O–H groups in total. The van der Waals surface area contributed by atoms with Gasteiger partial charge in [0, 0.05) is 54.8 Å². The first-order valence-electron chi connectivity index (χ1n) is 11.8. The number of fused-ring (bicyclic) bond motifs is 1. The van der Waals surface area contributed by atoms with Gasteiger partial charge in [0.1, 0.15) is 11.9 Å². The zero-order valence-corrected chi connectivity index (χ0v) is 18.3. The molecule has 168 valence electrons. The van der Waals surface area contributed by atoms with Gasteiger partial charge in [0.25, 0.3) is 0 Å². The van der Waals surface area contributed by atoms with Gasteiger partial charge in [-0.05, 0) is 63.5 Å². The number of nitrogens with zero attached hydrogens (tertiary/aromatic N) is 1. The first-order valence-corrected chi connectivity index (χ1v) is 11.8. The highest BCUT2D eigenvalue weighted by Crippen LogP contribution is 2.35. The van der Waals surface area contributed by atoms with Crippen LogP contribution in [0.3, 0.4) is 0 Å². The number of hydrogen-bond donors (Lipinski definition) is 3. The summed E-state index contributed by atoms with van der Waals surface area (Å²) in [5.41, 5.74) is 2.42. The van der Waals surface area contributed by atoms with Crippen LogP contribution in [-0.2, 0) is 16.0 Å². The van der Waals surface area contributed by atoms with Gasteiger partial charge >= 0.3 is 0 Å². The van der Waals surface area contributed by atoms with Crippen LogP contribution in [0.2, 0.25) is 0 Å². The molecule has 2 saturated heterocycles. The van der Waals surface area contributed by atoms with Gasteiger partial charge in [-0.15, -0.1) is 0 Å². The third-order valence-corrected chi connectivity index (χ3v) is 8.01. The lowest BCUT2D eigenvalue weighted by atomic mass is 9.83.